The SMILES string of the molecule is Cc1cc(Br)cc(Br)c1OCC(=O)Nc1ccc(N2CCN(C(=O)C(C)(C)C)CC2)c(Cl)c1. The Morgan fingerprint density at radius 2 is 1.76 bits per heavy atom. The van der Waals surface area contributed by atoms with E-state index in [4.69, 9.17) is 16.3 Å². The van der Waals surface area contributed by atoms with Crippen LogP contribution >= 0.6 is 43.5 Å². The number of carbonyl (C=O) groups is 2. The van der Waals surface area contributed by atoms with Crippen LogP contribution in [0.4, 0.5) is 11.4 Å². The quantitative estimate of drug-likeness (QED) is 0.465. The molecule has 0 bridgehead atoms. The Balaban J connectivity index is 1.57. The van der Waals surface area contributed by atoms with Gasteiger partial charge in [0.1, 0.15) is 5.75 Å². The highest BCUT2D eigenvalue weighted by Gasteiger charge is 2.30. The molecule has 0 saturated carbocycles. The predicted molar refractivity (Wildman–Crippen MR) is 140 cm³/mol. The number of hydrogen-bond donors (Lipinski definition) is 1. The number of ether oxygens (including phenoxy) is 1. The third kappa shape index (κ3) is 6.64. The number of anilines is 2. The minimum absolute atomic E-state index is 0.121. The molecule has 0 atom stereocenters. The van der Waals surface area contributed by atoms with Crippen LogP contribution in [0.15, 0.2) is 39.3 Å². The number of nitrogens with zero attached hydrogens (tertiary/aromatic N) is 2. The average Bonchev–Trinajstić information content (AvgIpc) is 2.72. The number of piperazine rings is 1. The molecule has 33 heavy (non-hydrogen) atoms. The van der Waals surface area contributed by atoms with Crippen LogP contribution < -0.4 is 15.0 Å². The Bertz CT molecular complexity index is 1020. The number of carbonyl (C=O) groups excluding carboxylic acids is 2. The van der Waals surface area contributed by atoms with E-state index in [1.165, 1.54) is 0 Å². The molecule has 2 aromatic rings. The molecule has 2 aromatic carbocycles. The Morgan fingerprint density at radius 3 is 2.33 bits per heavy atom. The number of halogens is 3. The van der Waals surface area contributed by atoms with E-state index in [9.17, 15) is 9.59 Å². The van der Waals surface area contributed by atoms with Gasteiger partial charge in [0.2, 0.25) is 5.91 Å². The fourth-order valence-corrected chi connectivity index (χ4v) is 5.53. The second kappa shape index (κ2) is 10.7. The minimum Gasteiger partial charge on any atom is -0.482 e. The zero-order valence-corrected chi connectivity index (χ0v) is 23.1. The molecule has 1 saturated heterocycles. The summed E-state index contributed by atoms with van der Waals surface area (Å²) in [5.74, 6) is 0.520. The smallest absolute Gasteiger partial charge is 0.262 e. The zero-order chi connectivity index (χ0) is 24.3. The van der Waals surface area contributed by atoms with E-state index in [0.717, 1.165) is 20.2 Å². The maximum atomic E-state index is 12.5. The topological polar surface area (TPSA) is 61.9 Å². The van der Waals surface area contributed by atoms with Gasteiger partial charge in [-0.15, -0.1) is 0 Å². The summed E-state index contributed by atoms with van der Waals surface area (Å²) in [6.45, 7) is 10.4. The van der Waals surface area contributed by atoms with Crippen LogP contribution in [-0.2, 0) is 9.59 Å². The van der Waals surface area contributed by atoms with Gasteiger partial charge >= 0.3 is 0 Å². The van der Waals surface area contributed by atoms with Crippen molar-refractivity contribution in [2.24, 2.45) is 5.41 Å². The fraction of sp³-hybridized carbons (Fsp3) is 0.417. The van der Waals surface area contributed by atoms with Gasteiger partial charge in [-0.05, 0) is 58.7 Å². The van der Waals surface area contributed by atoms with Gasteiger partial charge in [0.25, 0.3) is 5.91 Å². The first-order valence-electron chi connectivity index (χ1n) is 10.7. The van der Waals surface area contributed by atoms with Crippen molar-refractivity contribution in [3.63, 3.8) is 0 Å². The third-order valence-corrected chi connectivity index (χ3v) is 6.67. The zero-order valence-electron chi connectivity index (χ0n) is 19.2. The molecule has 0 spiro atoms. The molecule has 0 aromatic heterocycles. The minimum atomic E-state index is -0.379. The van der Waals surface area contributed by atoms with Gasteiger partial charge in [-0.25, -0.2) is 0 Å². The molecular formula is C24H28Br2ClN3O3. The largest absolute Gasteiger partial charge is 0.482 e. The molecule has 1 aliphatic heterocycles. The lowest BCUT2D eigenvalue weighted by atomic mass is 9.94. The van der Waals surface area contributed by atoms with Crippen LogP contribution in [0.5, 0.6) is 5.75 Å². The van der Waals surface area contributed by atoms with Crippen molar-refractivity contribution in [3.05, 3.63) is 49.9 Å². The van der Waals surface area contributed by atoms with Gasteiger partial charge in [0, 0.05) is 41.8 Å². The first-order chi connectivity index (χ1) is 15.5. The highest BCUT2D eigenvalue weighted by molar-refractivity contribution is 9.11. The lowest BCUT2D eigenvalue weighted by Gasteiger charge is -2.39. The molecule has 6 nitrogen and oxygen atoms in total. The Hall–Kier alpha value is -1.77. The van der Waals surface area contributed by atoms with Gasteiger partial charge in [-0.1, -0.05) is 48.3 Å². The standard InChI is InChI=1S/C24H28Br2ClN3O3/c1-15-11-16(25)12-18(26)22(15)33-14-21(31)28-17-5-6-20(19(27)13-17)29-7-9-30(10-8-29)23(32)24(2,3)4/h5-6,11-13H,7-10,14H2,1-4H3,(H,28,31). The van der Waals surface area contributed by atoms with Gasteiger partial charge in [0.05, 0.1) is 15.2 Å². The molecule has 1 heterocycles. The number of rotatable bonds is 5. The second-order valence-corrected chi connectivity index (χ2v) is 11.2. The van der Waals surface area contributed by atoms with Gasteiger partial charge < -0.3 is 19.9 Å². The number of aryl methyl sites for hydroxylation is 1. The van der Waals surface area contributed by atoms with Crippen LogP contribution in [0, 0.1) is 12.3 Å². The lowest BCUT2D eigenvalue weighted by molar-refractivity contribution is -0.139. The van der Waals surface area contributed by atoms with Crippen LogP contribution in [-0.4, -0.2) is 49.5 Å². The number of hydrogen-bond acceptors (Lipinski definition) is 4. The van der Waals surface area contributed by atoms with Crippen molar-refractivity contribution in [1.82, 2.24) is 4.90 Å². The molecule has 0 aliphatic carbocycles. The summed E-state index contributed by atoms with van der Waals surface area (Å²) in [5.41, 5.74) is 2.03. The van der Waals surface area contributed by atoms with Gasteiger partial charge in [0.15, 0.2) is 6.61 Å². The van der Waals surface area contributed by atoms with Crippen molar-refractivity contribution in [2.75, 3.05) is 43.0 Å². The number of nitrogens with one attached hydrogen (secondary N) is 1. The van der Waals surface area contributed by atoms with Crippen LogP contribution in [0.25, 0.3) is 0 Å². The van der Waals surface area contributed by atoms with E-state index >= 15 is 0 Å². The average molecular weight is 602 g/mol. The summed E-state index contributed by atoms with van der Waals surface area (Å²) in [5, 5.41) is 3.38. The van der Waals surface area contributed by atoms with Gasteiger partial charge in [-0.3, -0.25) is 9.59 Å². The summed E-state index contributed by atoms with van der Waals surface area (Å²) < 4.78 is 7.41. The summed E-state index contributed by atoms with van der Waals surface area (Å²) in [7, 11) is 0. The van der Waals surface area contributed by atoms with E-state index in [1.54, 1.807) is 6.07 Å². The molecule has 178 valence electrons. The maximum absolute atomic E-state index is 12.5. The van der Waals surface area contributed by atoms with E-state index in [1.807, 2.05) is 56.9 Å². The summed E-state index contributed by atoms with van der Waals surface area (Å²) in [4.78, 5) is 29.0. The Morgan fingerprint density at radius 1 is 1.09 bits per heavy atom. The molecule has 1 aliphatic rings. The molecule has 1 N–H and O–H groups in total. The fourth-order valence-electron chi connectivity index (χ4n) is 3.67. The molecule has 1 fully saturated rings. The highest BCUT2D eigenvalue weighted by Crippen LogP contribution is 2.33. The highest BCUT2D eigenvalue weighted by atomic mass is 79.9. The van der Waals surface area contributed by atoms with Crippen LogP contribution in [0.1, 0.15) is 26.3 Å². The first-order valence-corrected chi connectivity index (χ1v) is 12.6. The molecule has 0 radical (unpaired) electrons. The van der Waals surface area contributed by atoms with Crippen LogP contribution in [0.2, 0.25) is 5.02 Å². The normalized spacial score (nSPS) is 14.3. The lowest BCUT2D eigenvalue weighted by Crippen LogP contribution is -2.51. The molecule has 9 heteroatoms. The van der Waals surface area contributed by atoms with Crippen molar-refractivity contribution in [2.45, 2.75) is 27.7 Å². The molecule has 0 unspecified atom stereocenters. The predicted octanol–water partition coefficient (Wildman–Crippen LogP) is 5.89. The van der Waals surface area contributed by atoms with E-state index in [2.05, 4.69) is 42.1 Å². The summed E-state index contributed by atoms with van der Waals surface area (Å²) >= 11 is 13.4. The molecule has 2 amide bonds. The van der Waals surface area contributed by atoms with E-state index < -0.39 is 0 Å². The second-order valence-electron chi connectivity index (χ2n) is 9.07. The summed E-state index contributed by atoms with van der Waals surface area (Å²) in [6, 6.07) is 9.26. The van der Waals surface area contributed by atoms with Crippen molar-refractivity contribution in [3.8, 4) is 5.75 Å². The number of benzene rings is 2. The maximum Gasteiger partial charge on any atom is 0.262 e. The molecule has 3 rings (SSSR count). The number of amides is 2. The van der Waals surface area contributed by atoms with Crippen LogP contribution in [0.3, 0.4) is 0 Å². The van der Waals surface area contributed by atoms with Crippen molar-refractivity contribution >= 4 is 66.6 Å². The summed E-state index contributed by atoms with van der Waals surface area (Å²) in [6.07, 6.45) is 0. The molecular weight excluding hydrogens is 574 g/mol. The van der Waals surface area contributed by atoms with Gasteiger partial charge in [-0.2, -0.15) is 0 Å². The Kier molecular flexibility index (Phi) is 8.35. The third-order valence-electron chi connectivity index (χ3n) is 5.32. The van der Waals surface area contributed by atoms with E-state index in [-0.39, 0.29) is 23.8 Å². The monoisotopic (exact) mass is 599 g/mol. The van der Waals surface area contributed by atoms with Crippen molar-refractivity contribution < 1.29 is 14.3 Å². The van der Waals surface area contributed by atoms with E-state index in [0.29, 0.717) is 42.6 Å². The first kappa shape index (κ1) is 25.8. The Labute approximate surface area is 216 Å². The van der Waals surface area contributed by atoms with Crippen molar-refractivity contribution in [1.29, 1.82) is 0 Å².